The molecular weight excluding hydrogens is 328 g/mol. The monoisotopic (exact) mass is 354 g/mol. The number of aromatic nitrogens is 1. The number of nitrogens with zero attached hydrogens (tertiary/aromatic N) is 1. The topological polar surface area (TPSA) is 42.0 Å². The van der Waals surface area contributed by atoms with Gasteiger partial charge in [-0.05, 0) is 34.5 Å². The molecular formula is C17H27BrN2O. The van der Waals surface area contributed by atoms with Crippen molar-refractivity contribution in [2.24, 2.45) is 0 Å². The summed E-state index contributed by atoms with van der Waals surface area (Å²) in [6.07, 6.45) is 13.7. The second kappa shape index (κ2) is 11.7. The highest BCUT2D eigenvalue weighted by molar-refractivity contribution is 9.10. The number of hydrogen-bond donors (Lipinski definition) is 1. The summed E-state index contributed by atoms with van der Waals surface area (Å²) in [7, 11) is 0. The summed E-state index contributed by atoms with van der Waals surface area (Å²) in [5, 5.41) is 2.84. The average Bonchev–Trinajstić information content (AvgIpc) is 2.48. The lowest BCUT2D eigenvalue weighted by Crippen LogP contribution is -2.12. The van der Waals surface area contributed by atoms with Gasteiger partial charge in [0.05, 0.1) is 4.47 Å². The third kappa shape index (κ3) is 8.86. The predicted octanol–water partition coefficient (Wildman–Crippen LogP) is 5.70. The lowest BCUT2D eigenvalue weighted by molar-refractivity contribution is -0.116. The van der Waals surface area contributed by atoms with Crippen LogP contribution in [-0.2, 0) is 4.79 Å². The Balaban J connectivity index is 2.00. The first kappa shape index (κ1) is 18.1. The molecule has 3 nitrogen and oxygen atoms in total. The van der Waals surface area contributed by atoms with Gasteiger partial charge in [0, 0.05) is 12.6 Å². The van der Waals surface area contributed by atoms with Crippen molar-refractivity contribution < 1.29 is 4.79 Å². The zero-order chi connectivity index (χ0) is 15.3. The third-order valence-electron chi connectivity index (χ3n) is 3.52. The number of nitrogens with one attached hydrogen (secondary N) is 1. The summed E-state index contributed by atoms with van der Waals surface area (Å²) in [5.41, 5.74) is 0. The maximum atomic E-state index is 11.8. The summed E-state index contributed by atoms with van der Waals surface area (Å²) in [6.45, 7) is 2.24. The summed E-state index contributed by atoms with van der Waals surface area (Å²) < 4.78 is 0.824. The molecule has 1 heterocycles. The van der Waals surface area contributed by atoms with E-state index in [0.29, 0.717) is 12.2 Å². The fourth-order valence-electron chi connectivity index (χ4n) is 2.27. The van der Waals surface area contributed by atoms with Crippen molar-refractivity contribution in [3.63, 3.8) is 0 Å². The van der Waals surface area contributed by atoms with Gasteiger partial charge in [-0.25, -0.2) is 4.98 Å². The van der Waals surface area contributed by atoms with Crippen LogP contribution in [0.2, 0.25) is 0 Å². The number of pyridine rings is 1. The summed E-state index contributed by atoms with van der Waals surface area (Å²) >= 11 is 3.38. The molecule has 0 saturated heterocycles. The third-order valence-corrected chi connectivity index (χ3v) is 4.16. The Bertz CT molecular complexity index is 410. The Morgan fingerprint density at radius 1 is 1.10 bits per heavy atom. The SMILES string of the molecule is CCCCCCCCCCCC(=O)Nc1ncccc1Br. The van der Waals surface area contributed by atoms with Crippen molar-refractivity contribution in [3.05, 3.63) is 22.8 Å². The van der Waals surface area contributed by atoms with Gasteiger partial charge in [0.15, 0.2) is 0 Å². The van der Waals surface area contributed by atoms with E-state index in [2.05, 4.69) is 33.2 Å². The van der Waals surface area contributed by atoms with Gasteiger partial charge in [0.25, 0.3) is 0 Å². The molecule has 0 fully saturated rings. The second-order valence-corrected chi connectivity index (χ2v) is 6.31. The van der Waals surface area contributed by atoms with E-state index in [9.17, 15) is 4.79 Å². The van der Waals surface area contributed by atoms with E-state index in [0.717, 1.165) is 17.3 Å². The molecule has 0 aliphatic rings. The van der Waals surface area contributed by atoms with E-state index in [4.69, 9.17) is 0 Å². The largest absolute Gasteiger partial charge is 0.310 e. The Morgan fingerprint density at radius 3 is 2.33 bits per heavy atom. The number of hydrogen-bond acceptors (Lipinski definition) is 2. The molecule has 0 saturated carbocycles. The molecule has 0 spiro atoms. The van der Waals surface area contributed by atoms with E-state index < -0.39 is 0 Å². The van der Waals surface area contributed by atoms with E-state index in [-0.39, 0.29) is 5.91 Å². The Hall–Kier alpha value is -0.900. The number of carbonyl (C=O) groups excluding carboxylic acids is 1. The maximum Gasteiger partial charge on any atom is 0.225 e. The highest BCUT2D eigenvalue weighted by Crippen LogP contribution is 2.18. The quantitative estimate of drug-likeness (QED) is 0.517. The van der Waals surface area contributed by atoms with Crippen LogP contribution in [0, 0.1) is 0 Å². The number of carbonyl (C=O) groups is 1. The number of anilines is 1. The molecule has 4 heteroatoms. The van der Waals surface area contributed by atoms with Crippen molar-refractivity contribution in [2.75, 3.05) is 5.32 Å². The predicted molar refractivity (Wildman–Crippen MR) is 92.4 cm³/mol. The Morgan fingerprint density at radius 2 is 1.71 bits per heavy atom. The molecule has 0 aliphatic heterocycles. The van der Waals surface area contributed by atoms with Crippen LogP contribution in [0.25, 0.3) is 0 Å². The van der Waals surface area contributed by atoms with Crippen molar-refractivity contribution in [2.45, 2.75) is 71.1 Å². The van der Waals surface area contributed by atoms with Gasteiger partial charge in [0.1, 0.15) is 5.82 Å². The molecule has 0 bridgehead atoms. The maximum absolute atomic E-state index is 11.8. The molecule has 1 amide bonds. The average molecular weight is 355 g/mol. The molecule has 21 heavy (non-hydrogen) atoms. The molecule has 0 atom stereocenters. The standard InChI is InChI=1S/C17H27BrN2O/c1-2-3-4-5-6-7-8-9-10-13-16(21)20-17-15(18)12-11-14-19-17/h11-12,14H,2-10,13H2,1H3,(H,19,20,21). The lowest BCUT2D eigenvalue weighted by Gasteiger charge is -2.06. The van der Waals surface area contributed by atoms with E-state index in [1.165, 1.54) is 44.9 Å². The van der Waals surface area contributed by atoms with Gasteiger partial charge in [-0.3, -0.25) is 4.79 Å². The summed E-state index contributed by atoms with van der Waals surface area (Å²) in [6, 6.07) is 3.71. The van der Waals surface area contributed by atoms with Crippen LogP contribution >= 0.6 is 15.9 Å². The summed E-state index contributed by atoms with van der Waals surface area (Å²) in [4.78, 5) is 15.9. The van der Waals surface area contributed by atoms with Gasteiger partial charge >= 0.3 is 0 Å². The molecule has 1 aromatic heterocycles. The molecule has 0 unspecified atom stereocenters. The first-order valence-electron chi connectivity index (χ1n) is 8.14. The van der Waals surface area contributed by atoms with Crippen molar-refractivity contribution in [3.8, 4) is 0 Å². The fraction of sp³-hybridized carbons (Fsp3) is 0.647. The minimum Gasteiger partial charge on any atom is -0.310 e. The van der Waals surface area contributed by atoms with Gasteiger partial charge in [-0.1, -0.05) is 58.3 Å². The van der Waals surface area contributed by atoms with Gasteiger partial charge in [0.2, 0.25) is 5.91 Å². The summed E-state index contributed by atoms with van der Waals surface area (Å²) in [5.74, 6) is 0.663. The second-order valence-electron chi connectivity index (χ2n) is 5.46. The van der Waals surface area contributed by atoms with Crippen LogP contribution in [0.3, 0.4) is 0 Å². The first-order chi connectivity index (χ1) is 10.2. The smallest absolute Gasteiger partial charge is 0.225 e. The minimum atomic E-state index is 0.0531. The highest BCUT2D eigenvalue weighted by Gasteiger charge is 2.05. The number of halogens is 1. The van der Waals surface area contributed by atoms with Crippen LogP contribution in [0.15, 0.2) is 22.8 Å². The molecule has 1 rings (SSSR count). The van der Waals surface area contributed by atoms with Crippen molar-refractivity contribution in [1.82, 2.24) is 4.98 Å². The van der Waals surface area contributed by atoms with E-state index in [1.54, 1.807) is 6.20 Å². The number of unbranched alkanes of at least 4 members (excludes halogenated alkanes) is 8. The minimum absolute atomic E-state index is 0.0531. The van der Waals surface area contributed by atoms with Gasteiger partial charge < -0.3 is 5.32 Å². The van der Waals surface area contributed by atoms with Gasteiger partial charge in [-0.15, -0.1) is 0 Å². The number of rotatable bonds is 11. The van der Waals surface area contributed by atoms with Gasteiger partial charge in [-0.2, -0.15) is 0 Å². The van der Waals surface area contributed by atoms with Crippen molar-refractivity contribution >= 4 is 27.7 Å². The van der Waals surface area contributed by atoms with E-state index in [1.807, 2.05) is 12.1 Å². The highest BCUT2D eigenvalue weighted by atomic mass is 79.9. The fourth-order valence-corrected chi connectivity index (χ4v) is 2.62. The van der Waals surface area contributed by atoms with Crippen LogP contribution in [0.4, 0.5) is 5.82 Å². The molecule has 1 aromatic rings. The normalized spacial score (nSPS) is 10.6. The molecule has 0 radical (unpaired) electrons. The molecule has 118 valence electrons. The van der Waals surface area contributed by atoms with E-state index >= 15 is 0 Å². The van der Waals surface area contributed by atoms with Crippen LogP contribution in [0.1, 0.15) is 71.1 Å². The number of amides is 1. The van der Waals surface area contributed by atoms with Crippen LogP contribution in [0.5, 0.6) is 0 Å². The zero-order valence-corrected chi connectivity index (χ0v) is 14.6. The zero-order valence-electron chi connectivity index (χ0n) is 13.0. The van der Waals surface area contributed by atoms with Crippen molar-refractivity contribution in [1.29, 1.82) is 0 Å². The molecule has 0 aliphatic carbocycles. The first-order valence-corrected chi connectivity index (χ1v) is 8.93. The lowest BCUT2D eigenvalue weighted by atomic mass is 10.1. The Kier molecular flexibility index (Phi) is 10.1. The molecule has 0 aromatic carbocycles. The molecule has 1 N–H and O–H groups in total. The Labute approximate surface area is 137 Å². The van der Waals surface area contributed by atoms with Crippen LogP contribution < -0.4 is 5.32 Å². The van der Waals surface area contributed by atoms with Crippen LogP contribution in [-0.4, -0.2) is 10.9 Å².